The summed E-state index contributed by atoms with van der Waals surface area (Å²) < 4.78 is 27.3. The van der Waals surface area contributed by atoms with E-state index in [9.17, 15) is 14.0 Å². The molecule has 0 fully saturated rings. The van der Waals surface area contributed by atoms with E-state index in [4.69, 9.17) is 5.73 Å². The van der Waals surface area contributed by atoms with Crippen molar-refractivity contribution in [1.82, 2.24) is 4.98 Å². The molecule has 0 atom stereocenters. The van der Waals surface area contributed by atoms with Gasteiger partial charge in [0, 0.05) is 22.9 Å². The summed E-state index contributed by atoms with van der Waals surface area (Å²) in [5, 5.41) is 9.34. The van der Waals surface area contributed by atoms with E-state index in [1.807, 2.05) is 6.07 Å². The number of fused-ring (bicyclic) bond motifs is 1. The van der Waals surface area contributed by atoms with Crippen LogP contribution in [0.15, 0.2) is 18.2 Å². The highest BCUT2D eigenvalue weighted by atomic mass is 19.1. The van der Waals surface area contributed by atoms with Crippen LogP contribution >= 0.6 is 0 Å². The van der Waals surface area contributed by atoms with Crippen molar-refractivity contribution in [2.45, 2.75) is 25.7 Å². The summed E-state index contributed by atoms with van der Waals surface area (Å²) in [6, 6.07) is 5.37. The number of nitrogens with two attached hydrogens (primary N) is 1. The summed E-state index contributed by atoms with van der Waals surface area (Å²) in [4.78, 5) is 4.28. The summed E-state index contributed by atoms with van der Waals surface area (Å²) in [6.45, 7) is 0. The second-order valence-electron chi connectivity index (χ2n) is 5.12. The third kappa shape index (κ3) is 2.23. The number of halogens is 2. The summed E-state index contributed by atoms with van der Waals surface area (Å²) in [7, 11) is 0. The molecule has 0 bridgehead atoms. The number of hydrogen-bond acceptors (Lipinski definition) is 3. The molecule has 5 heteroatoms. The smallest absolute Gasteiger partial charge is 0.142 e. The molecule has 2 aromatic rings. The van der Waals surface area contributed by atoms with Crippen LogP contribution in [0, 0.1) is 23.0 Å². The largest absolute Gasteiger partial charge is 0.383 e. The topological polar surface area (TPSA) is 62.7 Å². The van der Waals surface area contributed by atoms with Crippen LogP contribution in [0.3, 0.4) is 0 Å². The van der Waals surface area contributed by atoms with Crippen molar-refractivity contribution in [1.29, 1.82) is 5.26 Å². The minimum Gasteiger partial charge on any atom is -0.383 e. The Morgan fingerprint density at radius 3 is 2.67 bits per heavy atom. The Labute approximate surface area is 121 Å². The van der Waals surface area contributed by atoms with Crippen LogP contribution in [-0.4, -0.2) is 4.98 Å². The molecule has 1 aliphatic carbocycles. The molecular formula is C16H13F2N3. The second kappa shape index (κ2) is 5.13. The number of aryl methyl sites for hydroxylation is 1. The first-order valence-corrected chi connectivity index (χ1v) is 6.78. The SMILES string of the molecule is N#Cc1c(N)nc2c(c1-c1ccc(F)cc1F)CCCC2. The monoisotopic (exact) mass is 285 g/mol. The number of benzene rings is 1. The van der Waals surface area contributed by atoms with Gasteiger partial charge in [-0.15, -0.1) is 0 Å². The number of nitrogen functional groups attached to an aromatic ring is 1. The van der Waals surface area contributed by atoms with Crippen LogP contribution in [0.2, 0.25) is 0 Å². The molecule has 3 rings (SSSR count). The van der Waals surface area contributed by atoms with Crippen molar-refractivity contribution < 1.29 is 8.78 Å². The first-order valence-electron chi connectivity index (χ1n) is 6.78. The van der Waals surface area contributed by atoms with Crippen LogP contribution in [0.5, 0.6) is 0 Å². The maximum atomic E-state index is 14.1. The standard InChI is InChI=1S/C16H13F2N3/c17-9-5-6-10(13(18)7-9)15-11-3-1-2-4-14(11)21-16(20)12(15)8-19/h5-7H,1-4H2,(H2,20,21). The van der Waals surface area contributed by atoms with Crippen LogP contribution in [0.1, 0.15) is 29.7 Å². The Bertz CT molecular complexity index is 763. The molecule has 0 saturated carbocycles. The maximum absolute atomic E-state index is 14.1. The number of hydrogen-bond donors (Lipinski definition) is 1. The van der Waals surface area contributed by atoms with E-state index in [-0.39, 0.29) is 16.9 Å². The van der Waals surface area contributed by atoms with E-state index in [1.165, 1.54) is 12.1 Å². The molecule has 0 saturated heterocycles. The van der Waals surface area contributed by atoms with Gasteiger partial charge in [0.05, 0.1) is 0 Å². The highest BCUT2D eigenvalue weighted by molar-refractivity contribution is 5.79. The Morgan fingerprint density at radius 2 is 1.95 bits per heavy atom. The number of anilines is 1. The summed E-state index contributed by atoms with van der Waals surface area (Å²) in [6.07, 6.45) is 3.44. The predicted octanol–water partition coefficient (Wildman–Crippen LogP) is 3.36. The lowest BCUT2D eigenvalue weighted by molar-refractivity contribution is 0.585. The molecule has 1 heterocycles. The van der Waals surface area contributed by atoms with Gasteiger partial charge in [-0.05, 0) is 43.4 Å². The van der Waals surface area contributed by atoms with E-state index in [2.05, 4.69) is 4.98 Å². The average Bonchev–Trinajstić information content (AvgIpc) is 2.46. The quantitative estimate of drug-likeness (QED) is 0.873. The molecule has 0 amide bonds. The second-order valence-corrected chi connectivity index (χ2v) is 5.12. The van der Waals surface area contributed by atoms with Crippen LogP contribution in [-0.2, 0) is 12.8 Å². The first-order chi connectivity index (χ1) is 10.1. The fourth-order valence-electron chi connectivity index (χ4n) is 2.86. The molecule has 0 spiro atoms. The summed E-state index contributed by atoms with van der Waals surface area (Å²) in [5.41, 5.74) is 8.36. The molecular weight excluding hydrogens is 272 g/mol. The van der Waals surface area contributed by atoms with E-state index in [1.54, 1.807) is 0 Å². The normalized spacial score (nSPS) is 13.6. The summed E-state index contributed by atoms with van der Waals surface area (Å²) in [5.74, 6) is -1.23. The molecule has 21 heavy (non-hydrogen) atoms. The number of nitrogens with zero attached hydrogens (tertiary/aromatic N) is 2. The minimum absolute atomic E-state index is 0.108. The van der Waals surface area contributed by atoms with Gasteiger partial charge in [-0.3, -0.25) is 0 Å². The Hall–Kier alpha value is -2.48. The van der Waals surface area contributed by atoms with E-state index in [0.717, 1.165) is 43.0 Å². The number of rotatable bonds is 1. The minimum atomic E-state index is -0.690. The first kappa shape index (κ1) is 13.5. The molecule has 0 aliphatic heterocycles. The van der Waals surface area contributed by atoms with Crippen molar-refractivity contribution >= 4 is 5.82 Å². The molecule has 1 aromatic carbocycles. The zero-order valence-electron chi connectivity index (χ0n) is 11.3. The molecule has 0 radical (unpaired) electrons. The third-order valence-corrected chi connectivity index (χ3v) is 3.81. The zero-order chi connectivity index (χ0) is 15.0. The van der Waals surface area contributed by atoms with Gasteiger partial charge in [-0.2, -0.15) is 5.26 Å². The molecule has 106 valence electrons. The van der Waals surface area contributed by atoms with E-state index < -0.39 is 11.6 Å². The number of pyridine rings is 1. The van der Waals surface area contributed by atoms with Crippen molar-refractivity contribution in [2.24, 2.45) is 0 Å². The van der Waals surface area contributed by atoms with Gasteiger partial charge >= 0.3 is 0 Å². The van der Waals surface area contributed by atoms with Crippen molar-refractivity contribution in [2.75, 3.05) is 5.73 Å². The van der Waals surface area contributed by atoms with Crippen LogP contribution in [0.4, 0.5) is 14.6 Å². The van der Waals surface area contributed by atoms with Crippen molar-refractivity contribution in [3.8, 4) is 17.2 Å². The number of aromatic nitrogens is 1. The van der Waals surface area contributed by atoms with Crippen molar-refractivity contribution in [3.05, 3.63) is 46.7 Å². The van der Waals surface area contributed by atoms with Crippen LogP contribution in [0.25, 0.3) is 11.1 Å². The maximum Gasteiger partial charge on any atom is 0.142 e. The molecule has 1 aliphatic rings. The highest BCUT2D eigenvalue weighted by Crippen LogP contribution is 2.37. The van der Waals surface area contributed by atoms with Gasteiger partial charge in [-0.25, -0.2) is 13.8 Å². The van der Waals surface area contributed by atoms with Gasteiger partial charge in [0.2, 0.25) is 0 Å². The molecule has 1 aromatic heterocycles. The van der Waals surface area contributed by atoms with E-state index >= 15 is 0 Å². The van der Waals surface area contributed by atoms with Crippen LogP contribution < -0.4 is 5.73 Å². The Morgan fingerprint density at radius 1 is 1.19 bits per heavy atom. The van der Waals surface area contributed by atoms with Crippen molar-refractivity contribution in [3.63, 3.8) is 0 Å². The number of nitriles is 1. The van der Waals surface area contributed by atoms with Gasteiger partial charge in [0.1, 0.15) is 29.1 Å². The molecule has 0 unspecified atom stereocenters. The zero-order valence-corrected chi connectivity index (χ0v) is 11.3. The third-order valence-electron chi connectivity index (χ3n) is 3.81. The van der Waals surface area contributed by atoms with E-state index in [0.29, 0.717) is 5.56 Å². The summed E-state index contributed by atoms with van der Waals surface area (Å²) >= 11 is 0. The van der Waals surface area contributed by atoms with Gasteiger partial charge in [-0.1, -0.05) is 0 Å². The Balaban J connectivity index is 2.34. The fourth-order valence-corrected chi connectivity index (χ4v) is 2.86. The highest BCUT2D eigenvalue weighted by Gasteiger charge is 2.23. The lowest BCUT2D eigenvalue weighted by atomic mass is 9.86. The molecule has 3 nitrogen and oxygen atoms in total. The lowest BCUT2D eigenvalue weighted by Gasteiger charge is -2.21. The molecule has 2 N–H and O–H groups in total. The van der Waals surface area contributed by atoms with Gasteiger partial charge in [0.15, 0.2) is 0 Å². The van der Waals surface area contributed by atoms with Gasteiger partial charge < -0.3 is 5.73 Å². The fraction of sp³-hybridized carbons (Fsp3) is 0.250. The lowest BCUT2D eigenvalue weighted by Crippen LogP contribution is -2.12. The average molecular weight is 285 g/mol. The van der Waals surface area contributed by atoms with Gasteiger partial charge in [0.25, 0.3) is 0 Å². The Kier molecular flexibility index (Phi) is 3.30. The predicted molar refractivity (Wildman–Crippen MR) is 75.4 cm³/mol.